The number of amides is 1. The number of carbonyl (C=O) groups excluding carboxylic acids is 1. The van der Waals surface area contributed by atoms with Crippen LogP contribution in [0.4, 0.5) is 0 Å². The molecule has 4 nitrogen and oxygen atoms in total. The van der Waals surface area contributed by atoms with Gasteiger partial charge in [-0.15, -0.1) is 0 Å². The molecule has 1 amide bonds. The zero-order valence-electron chi connectivity index (χ0n) is 8.62. The number of primary amides is 1. The molecule has 1 unspecified atom stereocenters. The molecule has 1 aliphatic rings. The van der Waals surface area contributed by atoms with Gasteiger partial charge >= 0.3 is 0 Å². The number of piperazine rings is 1. The van der Waals surface area contributed by atoms with Gasteiger partial charge in [0.05, 0.1) is 0 Å². The lowest BCUT2D eigenvalue weighted by atomic mass is 10.1. The maximum atomic E-state index is 8.58. The fraction of sp³-hybridized carbons (Fsp3) is 0.889. The summed E-state index contributed by atoms with van der Waals surface area (Å²) in [6.07, 6.45) is 1.53. The molecule has 0 radical (unpaired) electrons. The van der Waals surface area contributed by atoms with Crippen LogP contribution in [0.3, 0.4) is 0 Å². The Balaban J connectivity index is 0.000000424. The van der Waals surface area contributed by atoms with Gasteiger partial charge in [-0.05, 0) is 13.0 Å². The lowest BCUT2D eigenvalue weighted by Crippen LogP contribution is -2.50. The van der Waals surface area contributed by atoms with Crippen molar-refractivity contribution in [1.82, 2.24) is 10.2 Å². The molecule has 1 aliphatic heterocycles. The van der Waals surface area contributed by atoms with Gasteiger partial charge in [0.2, 0.25) is 6.41 Å². The van der Waals surface area contributed by atoms with Crippen LogP contribution in [0.25, 0.3) is 0 Å². The minimum absolute atomic E-state index is 0.250. The van der Waals surface area contributed by atoms with Crippen LogP contribution in [0.2, 0.25) is 0 Å². The highest BCUT2D eigenvalue weighted by atomic mass is 16.1. The summed E-state index contributed by atoms with van der Waals surface area (Å²) in [7, 11) is 0. The van der Waals surface area contributed by atoms with Crippen molar-refractivity contribution >= 4 is 6.41 Å². The van der Waals surface area contributed by atoms with E-state index in [9.17, 15) is 0 Å². The Morgan fingerprint density at radius 3 is 2.62 bits per heavy atom. The molecule has 0 saturated carbocycles. The standard InChI is InChI=1S/C8H18N2.CH3NO/c1-3-8-7-9-5-6-10(8)4-2;2-1-3/h8-9H,3-7H2,1-2H3;1H,(H2,2,3). The lowest BCUT2D eigenvalue weighted by molar-refractivity contribution is -0.106. The predicted molar refractivity (Wildman–Crippen MR) is 54.4 cm³/mol. The zero-order chi connectivity index (χ0) is 10.1. The van der Waals surface area contributed by atoms with Crippen molar-refractivity contribution in [3.8, 4) is 0 Å². The molecule has 0 aromatic carbocycles. The van der Waals surface area contributed by atoms with Crippen molar-refractivity contribution in [2.24, 2.45) is 5.73 Å². The molecule has 78 valence electrons. The normalized spacial score (nSPS) is 23.1. The van der Waals surface area contributed by atoms with Crippen LogP contribution in [0.15, 0.2) is 0 Å². The molecular formula is C9H21N3O. The van der Waals surface area contributed by atoms with E-state index in [4.69, 9.17) is 4.79 Å². The highest BCUT2D eigenvalue weighted by Gasteiger charge is 2.17. The highest BCUT2D eigenvalue weighted by Crippen LogP contribution is 2.05. The molecule has 0 aromatic rings. The van der Waals surface area contributed by atoms with Crippen molar-refractivity contribution in [2.45, 2.75) is 26.3 Å². The van der Waals surface area contributed by atoms with E-state index in [1.54, 1.807) is 0 Å². The van der Waals surface area contributed by atoms with Gasteiger partial charge in [0, 0.05) is 25.7 Å². The van der Waals surface area contributed by atoms with E-state index >= 15 is 0 Å². The van der Waals surface area contributed by atoms with Crippen LogP contribution >= 0.6 is 0 Å². The average molecular weight is 187 g/mol. The first-order valence-corrected chi connectivity index (χ1v) is 4.90. The van der Waals surface area contributed by atoms with Gasteiger partial charge in [0.15, 0.2) is 0 Å². The molecule has 13 heavy (non-hydrogen) atoms. The molecule has 1 heterocycles. The van der Waals surface area contributed by atoms with Crippen LogP contribution in [0.1, 0.15) is 20.3 Å². The average Bonchev–Trinajstić information content (AvgIpc) is 2.19. The largest absolute Gasteiger partial charge is 0.372 e. The Hall–Kier alpha value is -0.610. The van der Waals surface area contributed by atoms with Gasteiger partial charge in [0.25, 0.3) is 0 Å². The van der Waals surface area contributed by atoms with Gasteiger partial charge < -0.3 is 11.1 Å². The number of hydrogen-bond donors (Lipinski definition) is 2. The molecular weight excluding hydrogens is 166 g/mol. The highest BCUT2D eigenvalue weighted by molar-refractivity contribution is 5.42. The minimum atomic E-state index is 0.250. The summed E-state index contributed by atoms with van der Waals surface area (Å²) < 4.78 is 0. The first kappa shape index (κ1) is 12.4. The van der Waals surface area contributed by atoms with E-state index in [0.717, 1.165) is 6.04 Å². The number of carbonyl (C=O) groups is 1. The van der Waals surface area contributed by atoms with Gasteiger partial charge in [-0.1, -0.05) is 13.8 Å². The Morgan fingerprint density at radius 1 is 1.62 bits per heavy atom. The number of rotatable bonds is 2. The quantitative estimate of drug-likeness (QED) is 0.588. The number of nitrogens with zero attached hydrogens (tertiary/aromatic N) is 1. The molecule has 0 aromatic heterocycles. The number of nitrogens with one attached hydrogen (secondary N) is 1. The van der Waals surface area contributed by atoms with E-state index in [2.05, 4.69) is 29.8 Å². The summed E-state index contributed by atoms with van der Waals surface area (Å²) in [6.45, 7) is 9.30. The van der Waals surface area contributed by atoms with Gasteiger partial charge in [-0.25, -0.2) is 0 Å². The SMILES string of the molecule is CCC1CNCCN1CC.NC=O. The Bertz CT molecular complexity index is 118. The predicted octanol–water partition coefficient (Wildman–Crippen LogP) is -0.208. The third-order valence-corrected chi connectivity index (χ3v) is 2.35. The van der Waals surface area contributed by atoms with Gasteiger partial charge in [0.1, 0.15) is 0 Å². The zero-order valence-corrected chi connectivity index (χ0v) is 8.62. The van der Waals surface area contributed by atoms with Crippen molar-refractivity contribution in [3.63, 3.8) is 0 Å². The van der Waals surface area contributed by atoms with Crippen LogP contribution in [-0.2, 0) is 4.79 Å². The Kier molecular flexibility index (Phi) is 7.63. The summed E-state index contributed by atoms with van der Waals surface area (Å²) in [6, 6.07) is 0.791. The summed E-state index contributed by atoms with van der Waals surface area (Å²) in [5.74, 6) is 0. The topological polar surface area (TPSA) is 58.4 Å². The first-order chi connectivity index (χ1) is 6.29. The lowest BCUT2D eigenvalue weighted by Gasteiger charge is -2.34. The Labute approximate surface area is 80.5 Å². The second kappa shape index (κ2) is 8.01. The van der Waals surface area contributed by atoms with Crippen LogP contribution < -0.4 is 11.1 Å². The molecule has 0 aliphatic carbocycles. The third-order valence-electron chi connectivity index (χ3n) is 2.35. The first-order valence-electron chi connectivity index (χ1n) is 4.90. The van der Waals surface area contributed by atoms with Gasteiger partial charge in [-0.2, -0.15) is 0 Å². The molecule has 1 saturated heterocycles. The van der Waals surface area contributed by atoms with E-state index < -0.39 is 0 Å². The van der Waals surface area contributed by atoms with Crippen LogP contribution in [0, 0.1) is 0 Å². The van der Waals surface area contributed by atoms with Crippen molar-refractivity contribution in [3.05, 3.63) is 0 Å². The van der Waals surface area contributed by atoms with Gasteiger partial charge in [-0.3, -0.25) is 9.69 Å². The number of likely N-dealkylation sites (N-methyl/N-ethyl adjacent to an activating group) is 1. The van der Waals surface area contributed by atoms with Crippen LogP contribution in [0.5, 0.6) is 0 Å². The van der Waals surface area contributed by atoms with E-state index in [1.807, 2.05) is 0 Å². The number of hydrogen-bond acceptors (Lipinski definition) is 3. The Morgan fingerprint density at radius 2 is 2.23 bits per heavy atom. The maximum Gasteiger partial charge on any atom is 0.204 e. The second-order valence-corrected chi connectivity index (χ2v) is 3.03. The summed E-state index contributed by atoms with van der Waals surface area (Å²) in [5.41, 5.74) is 4.17. The molecule has 1 fully saturated rings. The summed E-state index contributed by atoms with van der Waals surface area (Å²) in [5, 5.41) is 3.41. The molecule has 1 atom stereocenters. The van der Waals surface area contributed by atoms with E-state index in [1.165, 1.54) is 32.6 Å². The van der Waals surface area contributed by atoms with Crippen molar-refractivity contribution in [2.75, 3.05) is 26.2 Å². The van der Waals surface area contributed by atoms with E-state index in [0.29, 0.717) is 0 Å². The van der Waals surface area contributed by atoms with E-state index in [-0.39, 0.29) is 6.41 Å². The minimum Gasteiger partial charge on any atom is -0.372 e. The molecule has 4 heteroatoms. The molecule has 3 N–H and O–H groups in total. The second-order valence-electron chi connectivity index (χ2n) is 3.03. The fourth-order valence-electron chi connectivity index (χ4n) is 1.62. The molecule has 1 rings (SSSR count). The third kappa shape index (κ3) is 4.85. The molecule has 0 bridgehead atoms. The monoisotopic (exact) mass is 187 g/mol. The van der Waals surface area contributed by atoms with Crippen molar-refractivity contribution in [1.29, 1.82) is 0 Å². The van der Waals surface area contributed by atoms with Crippen LogP contribution in [-0.4, -0.2) is 43.5 Å². The fourth-order valence-corrected chi connectivity index (χ4v) is 1.62. The smallest absolute Gasteiger partial charge is 0.204 e. The summed E-state index contributed by atoms with van der Waals surface area (Å²) in [4.78, 5) is 11.1. The van der Waals surface area contributed by atoms with Crippen molar-refractivity contribution < 1.29 is 4.79 Å². The number of nitrogens with two attached hydrogens (primary N) is 1. The summed E-state index contributed by atoms with van der Waals surface area (Å²) >= 11 is 0. The maximum absolute atomic E-state index is 8.58. The molecule has 0 spiro atoms.